The van der Waals surface area contributed by atoms with Gasteiger partial charge in [-0.2, -0.15) is 0 Å². The third kappa shape index (κ3) is 1.79. The molecule has 0 atom stereocenters. The van der Waals surface area contributed by atoms with Gasteiger partial charge >= 0.3 is 5.63 Å². The molecule has 1 heterocycles. The quantitative estimate of drug-likeness (QED) is 0.732. The summed E-state index contributed by atoms with van der Waals surface area (Å²) in [7, 11) is 0. The van der Waals surface area contributed by atoms with Crippen molar-refractivity contribution in [3.8, 4) is 0 Å². The summed E-state index contributed by atoms with van der Waals surface area (Å²) < 4.78 is 4.49. The van der Waals surface area contributed by atoms with E-state index in [9.17, 15) is 4.79 Å². The fourth-order valence-electron chi connectivity index (χ4n) is 1.02. The Balaban J connectivity index is 2.20. The molecule has 0 aliphatic heterocycles. The van der Waals surface area contributed by atoms with Gasteiger partial charge in [-0.15, -0.1) is 0 Å². The zero-order chi connectivity index (χ0) is 9.10. The molecule has 1 aromatic heterocycles. The zero-order valence-corrected chi connectivity index (χ0v) is 6.78. The minimum absolute atomic E-state index is 0.390. The Bertz CT molecular complexity index is 430. The van der Waals surface area contributed by atoms with Crippen molar-refractivity contribution in [2.24, 2.45) is 0 Å². The molecule has 2 rings (SSSR count). The fraction of sp³-hybridized carbons (Fsp3) is 0. The highest BCUT2D eigenvalue weighted by molar-refractivity contribution is 5.54. The molecule has 13 heavy (non-hydrogen) atoms. The summed E-state index contributed by atoms with van der Waals surface area (Å²) in [5.41, 5.74) is 0.512. The monoisotopic (exact) mass is 176 g/mol. The first-order valence-electron chi connectivity index (χ1n) is 3.85. The third-order valence-electron chi connectivity index (χ3n) is 1.58. The van der Waals surface area contributed by atoms with E-state index in [0.29, 0.717) is 5.82 Å². The molecule has 0 fully saturated rings. The van der Waals surface area contributed by atoms with Crippen LogP contribution in [0.25, 0.3) is 0 Å². The molecule has 66 valence electrons. The Morgan fingerprint density at radius 1 is 1.23 bits per heavy atom. The molecule has 4 nitrogen and oxygen atoms in total. The normalized spacial score (nSPS) is 9.85. The van der Waals surface area contributed by atoms with Gasteiger partial charge in [-0.1, -0.05) is 18.2 Å². The van der Waals surface area contributed by atoms with Crippen LogP contribution in [-0.4, -0.2) is 5.16 Å². The van der Waals surface area contributed by atoms with E-state index < -0.39 is 5.63 Å². The van der Waals surface area contributed by atoms with Crippen molar-refractivity contribution < 1.29 is 4.52 Å². The number of hydrogen-bond acceptors (Lipinski definition) is 3. The van der Waals surface area contributed by atoms with E-state index in [1.807, 2.05) is 30.3 Å². The lowest BCUT2D eigenvalue weighted by Crippen LogP contribution is -1.90. The predicted molar refractivity (Wildman–Crippen MR) is 49.1 cm³/mol. The standard InChI is InChI=1S/C9H8N2O2/c12-9-6-8(11-13-9)10-7-4-2-1-3-5-7/h1-6,10-11H. The lowest BCUT2D eigenvalue weighted by atomic mass is 10.3. The van der Waals surface area contributed by atoms with Crippen LogP contribution < -0.4 is 10.9 Å². The first kappa shape index (κ1) is 7.67. The van der Waals surface area contributed by atoms with Gasteiger partial charge in [0.15, 0.2) is 0 Å². The molecule has 2 aromatic rings. The Kier molecular flexibility index (Phi) is 1.88. The summed E-state index contributed by atoms with van der Waals surface area (Å²) in [4.78, 5) is 10.6. The van der Waals surface area contributed by atoms with Crippen LogP contribution in [-0.2, 0) is 0 Å². The Morgan fingerprint density at radius 3 is 2.62 bits per heavy atom. The molecule has 2 N–H and O–H groups in total. The van der Waals surface area contributed by atoms with Crippen molar-refractivity contribution in [2.75, 3.05) is 5.32 Å². The summed E-state index contributed by atoms with van der Waals surface area (Å²) >= 11 is 0. The van der Waals surface area contributed by atoms with Crippen LogP contribution in [0.15, 0.2) is 45.7 Å². The molecule has 0 aliphatic carbocycles. The number of para-hydroxylation sites is 1. The number of H-pyrrole nitrogens is 1. The molecule has 0 saturated carbocycles. The number of hydrogen-bond donors (Lipinski definition) is 2. The van der Waals surface area contributed by atoms with Crippen LogP contribution in [0.5, 0.6) is 0 Å². The van der Waals surface area contributed by atoms with E-state index in [-0.39, 0.29) is 0 Å². The molecule has 4 heteroatoms. The molecule has 0 saturated heterocycles. The molecule has 1 aromatic carbocycles. The minimum atomic E-state index is -0.390. The van der Waals surface area contributed by atoms with Crippen LogP contribution in [0, 0.1) is 0 Å². The molecule has 0 radical (unpaired) electrons. The molecule has 0 spiro atoms. The van der Waals surface area contributed by atoms with Crippen molar-refractivity contribution >= 4 is 11.5 Å². The molecule has 0 amide bonds. The largest absolute Gasteiger partial charge is 0.359 e. The van der Waals surface area contributed by atoms with Crippen LogP contribution >= 0.6 is 0 Å². The van der Waals surface area contributed by atoms with Crippen LogP contribution in [0.4, 0.5) is 11.5 Å². The number of anilines is 2. The second-order valence-corrected chi connectivity index (χ2v) is 2.57. The van der Waals surface area contributed by atoms with E-state index in [2.05, 4.69) is 15.0 Å². The molecule has 0 unspecified atom stereocenters. The van der Waals surface area contributed by atoms with Gasteiger partial charge in [0.25, 0.3) is 0 Å². The molecular weight excluding hydrogens is 168 g/mol. The van der Waals surface area contributed by atoms with Gasteiger partial charge in [0.2, 0.25) is 0 Å². The Hall–Kier alpha value is -1.97. The number of nitrogens with one attached hydrogen (secondary N) is 2. The molecular formula is C9H8N2O2. The van der Waals surface area contributed by atoms with Crippen LogP contribution in [0.1, 0.15) is 0 Å². The molecule has 0 aliphatic rings. The van der Waals surface area contributed by atoms with Gasteiger partial charge in [-0.3, -0.25) is 0 Å². The lowest BCUT2D eigenvalue weighted by Gasteiger charge is -2.00. The number of aromatic nitrogens is 1. The summed E-state index contributed by atoms with van der Waals surface area (Å²) in [6.07, 6.45) is 0. The predicted octanol–water partition coefficient (Wildman–Crippen LogP) is 1.71. The van der Waals surface area contributed by atoms with E-state index in [1.165, 1.54) is 6.07 Å². The van der Waals surface area contributed by atoms with Crippen molar-refractivity contribution in [3.63, 3.8) is 0 Å². The summed E-state index contributed by atoms with van der Waals surface area (Å²) in [6, 6.07) is 10.9. The molecule has 0 bridgehead atoms. The number of aromatic amines is 1. The van der Waals surface area contributed by atoms with Crippen LogP contribution in [0.2, 0.25) is 0 Å². The lowest BCUT2D eigenvalue weighted by molar-refractivity contribution is 0.394. The fourth-order valence-corrected chi connectivity index (χ4v) is 1.02. The second-order valence-electron chi connectivity index (χ2n) is 2.57. The average molecular weight is 176 g/mol. The topological polar surface area (TPSA) is 58.0 Å². The first-order chi connectivity index (χ1) is 6.34. The minimum Gasteiger partial charge on any atom is -0.339 e. The SMILES string of the molecule is O=c1cc(Nc2ccccc2)[nH]o1. The highest BCUT2D eigenvalue weighted by Crippen LogP contribution is 2.11. The highest BCUT2D eigenvalue weighted by Gasteiger charge is 1.96. The van der Waals surface area contributed by atoms with E-state index in [1.54, 1.807) is 0 Å². The summed E-state index contributed by atoms with van der Waals surface area (Å²) in [6.45, 7) is 0. The maximum absolute atomic E-state index is 10.6. The Labute approximate surface area is 74.2 Å². The first-order valence-corrected chi connectivity index (χ1v) is 3.85. The highest BCUT2D eigenvalue weighted by atomic mass is 16.5. The van der Waals surface area contributed by atoms with Crippen molar-refractivity contribution in [3.05, 3.63) is 46.8 Å². The van der Waals surface area contributed by atoms with Crippen molar-refractivity contribution in [1.82, 2.24) is 5.16 Å². The van der Waals surface area contributed by atoms with Gasteiger partial charge in [0.1, 0.15) is 5.82 Å². The van der Waals surface area contributed by atoms with E-state index in [0.717, 1.165) is 5.69 Å². The van der Waals surface area contributed by atoms with Crippen LogP contribution in [0.3, 0.4) is 0 Å². The van der Waals surface area contributed by atoms with Gasteiger partial charge in [-0.25, -0.2) is 9.95 Å². The van der Waals surface area contributed by atoms with Crippen molar-refractivity contribution in [1.29, 1.82) is 0 Å². The maximum Gasteiger partial charge on any atom is 0.359 e. The summed E-state index contributed by atoms with van der Waals surface area (Å²) in [5, 5.41) is 5.43. The second kappa shape index (κ2) is 3.18. The summed E-state index contributed by atoms with van der Waals surface area (Å²) in [5.74, 6) is 0.552. The van der Waals surface area contributed by atoms with Gasteiger partial charge < -0.3 is 9.84 Å². The number of rotatable bonds is 2. The smallest absolute Gasteiger partial charge is 0.339 e. The van der Waals surface area contributed by atoms with E-state index >= 15 is 0 Å². The van der Waals surface area contributed by atoms with Gasteiger partial charge in [0, 0.05) is 5.69 Å². The third-order valence-corrected chi connectivity index (χ3v) is 1.58. The Morgan fingerprint density at radius 2 is 2.00 bits per heavy atom. The maximum atomic E-state index is 10.6. The average Bonchev–Trinajstić information content (AvgIpc) is 2.53. The van der Waals surface area contributed by atoms with Crippen molar-refractivity contribution in [2.45, 2.75) is 0 Å². The van der Waals surface area contributed by atoms with Gasteiger partial charge in [-0.05, 0) is 12.1 Å². The zero-order valence-electron chi connectivity index (χ0n) is 6.78. The van der Waals surface area contributed by atoms with E-state index in [4.69, 9.17) is 0 Å². The van der Waals surface area contributed by atoms with Gasteiger partial charge in [0.05, 0.1) is 6.07 Å². The number of benzene rings is 1.